The number of hydrogen-bond acceptors (Lipinski definition) is 7. The molecule has 3 heterocycles. The van der Waals surface area contributed by atoms with E-state index in [9.17, 15) is 4.79 Å². The zero-order valence-corrected chi connectivity index (χ0v) is 11.7. The number of aromatic nitrogens is 4. The molecule has 0 saturated heterocycles. The highest BCUT2D eigenvalue weighted by atomic mass is 32.1. The van der Waals surface area contributed by atoms with E-state index < -0.39 is 0 Å². The lowest BCUT2D eigenvalue weighted by Crippen LogP contribution is -2.12. The zero-order valence-electron chi connectivity index (χ0n) is 10.9. The minimum atomic E-state index is -0.384. The van der Waals surface area contributed by atoms with Crippen LogP contribution in [0.4, 0.5) is 11.5 Å². The first-order chi connectivity index (χ1) is 10.1. The third-order valence-corrected chi connectivity index (χ3v) is 3.60. The number of hydrogen-bond donors (Lipinski definition) is 2. The van der Waals surface area contributed by atoms with Crippen LogP contribution in [-0.4, -0.2) is 25.7 Å². The molecule has 0 aliphatic carbocycles. The van der Waals surface area contributed by atoms with Gasteiger partial charge in [0.1, 0.15) is 22.2 Å². The number of rotatable bonds is 2. The smallest absolute Gasteiger partial charge is 0.258 e. The first-order valence-electron chi connectivity index (χ1n) is 5.83. The molecule has 3 rings (SSSR count). The lowest BCUT2D eigenvalue weighted by atomic mass is 10.2. The van der Waals surface area contributed by atoms with Gasteiger partial charge in [-0.15, -0.1) is 11.3 Å². The molecule has 3 N–H and O–H groups in total. The average molecular weight is 299 g/mol. The molecule has 3 aromatic rings. The van der Waals surface area contributed by atoms with E-state index in [1.54, 1.807) is 18.6 Å². The minimum Gasteiger partial charge on any atom is -0.382 e. The number of aryl methyl sites for hydroxylation is 1. The molecule has 0 aliphatic heterocycles. The molecule has 0 saturated carbocycles. The molecule has 8 nitrogen and oxygen atoms in total. The molecule has 0 atom stereocenters. The number of anilines is 2. The zero-order chi connectivity index (χ0) is 15.0. The van der Waals surface area contributed by atoms with Crippen molar-refractivity contribution in [3.05, 3.63) is 29.0 Å². The summed E-state index contributed by atoms with van der Waals surface area (Å²) in [6.45, 7) is 0. The maximum Gasteiger partial charge on any atom is 0.258 e. The van der Waals surface area contributed by atoms with Crippen LogP contribution in [0.2, 0.25) is 0 Å². The van der Waals surface area contributed by atoms with Crippen molar-refractivity contribution in [2.75, 3.05) is 11.1 Å². The summed E-state index contributed by atoms with van der Waals surface area (Å²) in [6, 6.07) is 1.92. The molecule has 0 radical (unpaired) electrons. The highest BCUT2D eigenvalue weighted by Crippen LogP contribution is 2.24. The number of fused-ring (bicyclic) bond motifs is 1. The highest BCUT2D eigenvalue weighted by Gasteiger charge is 2.17. The summed E-state index contributed by atoms with van der Waals surface area (Å²) >= 11 is 1.30. The Kier molecular flexibility index (Phi) is 3.00. The Balaban J connectivity index is 1.97. The number of nitrogens with zero attached hydrogens (tertiary/aromatic N) is 5. The number of carbonyl (C=O) groups excluding carboxylic acids is 1. The number of nitrogens with one attached hydrogen (secondary N) is 1. The van der Waals surface area contributed by atoms with Crippen LogP contribution in [-0.2, 0) is 7.05 Å². The molecule has 0 aromatic carbocycles. The largest absolute Gasteiger partial charge is 0.382 e. The Morgan fingerprint density at radius 3 is 3.14 bits per heavy atom. The van der Waals surface area contributed by atoms with Gasteiger partial charge in [-0.1, -0.05) is 0 Å². The van der Waals surface area contributed by atoms with Crippen molar-refractivity contribution >= 4 is 39.1 Å². The van der Waals surface area contributed by atoms with Gasteiger partial charge in [0.05, 0.1) is 17.4 Å². The van der Waals surface area contributed by atoms with Crippen molar-refractivity contribution in [3.8, 4) is 6.07 Å². The standard InChI is InChI=1S/C12H9N7OS/c1-19-4-8(7(2-13)18-19)16-11(20)6-5-21-12-10(6)17-9(14)3-15-12/h3-5H,1H3,(H2,14,17)(H,16,20). The van der Waals surface area contributed by atoms with Gasteiger partial charge in [0.25, 0.3) is 5.91 Å². The summed E-state index contributed by atoms with van der Waals surface area (Å²) in [5.41, 5.74) is 6.90. The molecule has 3 aromatic heterocycles. The average Bonchev–Trinajstić information content (AvgIpc) is 3.01. The number of nitrogen functional groups attached to an aromatic ring is 1. The summed E-state index contributed by atoms with van der Waals surface area (Å²) in [5.74, 6) is -0.139. The Morgan fingerprint density at radius 2 is 2.38 bits per heavy atom. The van der Waals surface area contributed by atoms with E-state index in [0.717, 1.165) is 0 Å². The second kappa shape index (κ2) is 4.84. The Morgan fingerprint density at radius 1 is 1.57 bits per heavy atom. The van der Waals surface area contributed by atoms with Crippen LogP contribution in [0.3, 0.4) is 0 Å². The molecule has 0 spiro atoms. The molecule has 0 bridgehead atoms. The topological polar surface area (TPSA) is 123 Å². The predicted molar refractivity (Wildman–Crippen MR) is 77.7 cm³/mol. The third-order valence-electron chi connectivity index (χ3n) is 2.73. The van der Waals surface area contributed by atoms with E-state index >= 15 is 0 Å². The van der Waals surface area contributed by atoms with E-state index in [-0.39, 0.29) is 17.4 Å². The monoisotopic (exact) mass is 299 g/mol. The van der Waals surface area contributed by atoms with Gasteiger partial charge in [-0.25, -0.2) is 9.97 Å². The summed E-state index contributed by atoms with van der Waals surface area (Å²) in [6.07, 6.45) is 3.00. The van der Waals surface area contributed by atoms with E-state index in [0.29, 0.717) is 21.6 Å². The quantitative estimate of drug-likeness (QED) is 0.731. The molecule has 9 heteroatoms. The fourth-order valence-corrected chi connectivity index (χ4v) is 2.67. The van der Waals surface area contributed by atoms with Crippen molar-refractivity contribution in [2.24, 2.45) is 7.05 Å². The lowest BCUT2D eigenvalue weighted by Gasteiger charge is -2.01. The predicted octanol–water partition coefficient (Wildman–Crippen LogP) is 1.13. The highest BCUT2D eigenvalue weighted by molar-refractivity contribution is 7.17. The van der Waals surface area contributed by atoms with Crippen LogP contribution in [0, 0.1) is 11.3 Å². The number of thiophene rings is 1. The van der Waals surface area contributed by atoms with Gasteiger partial charge in [0.2, 0.25) is 0 Å². The maximum absolute atomic E-state index is 12.3. The molecule has 1 amide bonds. The maximum atomic E-state index is 12.3. The summed E-state index contributed by atoms with van der Waals surface area (Å²) in [7, 11) is 1.67. The SMILES string of the molecule is Cn1cc(NC(=O)c2csc3ncc(N)nc23)c(C#N)n1. The van der Waals surface area contributed by atoms with Crippen LogP contribution >= 0.6 is 11.3 Å². The van der Waals surface area contributed by atoms with Crippen molar-refractivity contribution < 1.29 is 4.79 Å². The Bertz CT molecular complexity index is 889. The molecule has 0 unspecified atom stereocenters. The first-order valence-corrected chi connectivity index (χ1v) is 6.71. The normalized spacial score (nSPS) is 10.5. The second-order valence-corrected chi connectivity index (χ2v) is 5.09. The van der Waals surface area contributed by atoms with Crippen molar-refractivity contribution in [2.45, 2.75) is 0 Å². The Hall–Kier alpha value is -2.99. The van der Waals surface area contributed by atoms with E-state index in [2.05, 4.69) is 20.4 Å². The van der Waals surface area contributed by atoms with E-state index in [1.807, 2.05) is 6.07 Å². The van der Waals surface area contributed by atoms with Crippen LogP contribution in [0.15, 0.2) is 17.8 Å². The fraction of sp³-hybridized carbons (Fsp3) is 0.0833. The fourth-order valence-electron chi connectivity index (χ4n) is 1.84. The molecule has 104 valence electrons. The van der Waals surface area contributed by atoms with Crippen molar-refractivity contribution in [1.82, 2.24) is 19.7 Å². The molecular formula is C12H9N7OS. The minimum absolute atomic E-state index is 0.149. The molecule has 0 fully saturated rings. The number of nitriles is 1. The van der Waals surface area contributed by atoms with Crippen molar-refractivity contribution in [3.63, 3.8) is 0 Å². The second-order valence-electron chi connectivity index (χ2n) is 4.23. The van der Waals surface area contributed by atoms with Crippen LogP contribution in [0.25, 0.3) is 10.3 Å². The van der Waals surface area contributed by atoms with E-state index in [1.165, 1.54) is 22.2 Å². The van der Waals surface area contributed by atoms with Gasteiger partial charge in [-0.2, -0.15) is 10.4 Å². The van der Waals surface area contributed by atoms with Crippen molar-refractivity contribution in [1.29, 1.82) is 5.26 Å². The molecule has 0 aliphatic rings. The van der Waals surface area contributed by atoms with Crippen LogP contribution < -0.4 is 11.1 Å². The summed E-state index contributed by atoms with van der Waals surface area (Å²) < 4.78 is 1.46. The van der Waals surface area contributed by atoms with Gasteiger partial charge in [-0.05, 0) is 0 Å². The number of carbonyl (C=O) groups is 1. The van der Waals surface area contributed by atoms with E-state index in [4.69, 9.17) is 11.0 Å². The van der Waals surface area contributed by atoms with Gasteiger partial charge in [-0.3, -0.25) is 9.48 Å². The van der Waals surface area contributed by atoms with Crippen LogP contribution in [0.1, 0.15) is 16.1 Å². The summed E-state index contributed by atoms with van der Waals surface area (Å²) in [4.78, 5) is 21.2. The Labute approximate surface area is 122 Å². The number of nitrogens with two attached hydrogens (primary N) is 1. The third kappa shape index (κ3) is 2.28. The van der Waals surface area contributed by atoms with Gasteiger partial charge < -0.3 is 11.1 Å². The van der Waals surface area contributed by atoms with Gasteiger partial charge in [0.15, 0.2) is 5.69 Å². The summed E-state index contributed by atoms with van der Waals surface area (Å²) in [5, 5.41) is 17.2. The van der Waals surface area contributed by atoms with Gasteiger partial charge >= 0.3 is 0 Å². The first kappa shape index (κ1) is 13.0. The van der Waals surface area contributed by atoms with Crippen LogP contribution in [0.5, 0.6) is 0 Å². The molecular weight excluding hydrogens is 290 g/mol. The number of amides is 1. The molecule has 21 heavy (non-hydrogen) atoms. The van der Waals surface area contributed by atoms with Gasteiger partial charge in [0, 0.05) is 18.6 Å². The lowest BCUT2D eigenvalue weighted by molar-refractivity contribution is 0.102.